The van der Waals surface area contributed by atoms with Crippen molar-refractivity contribution in [3.63, 3.8) is 0 Å². The number of rotatable bonds is 7. The largest absolute Gasteiger partial charge is 0.461 e. The predicted octanol–water partition coefficient (Wildman–Crippen LogP) is 1.28. The summed E-state index contributed by atoms with van der Waals surface area (Å²) >= 11 is 0. The summed E-state index contributed by atoms with van der Waals surface area (Å²) < 4.78 is 5.16. The van der Waals surface area contributed by atoms with Crippen LogP contribution in [0.1, 0.15) is 18.4 Å². The molecule has 1 aromatic rings. The maximum absolute atomic E-state index is 13.0. The van der Waals surface area contributed by atoms with Crippen molar-refractivity contribution in [2.45, 2.75) is 19.3 Å². The maximum Gasteiger partial charge on any atom is 0.320 e. The summed E-state index contributed by atoms with van der Waals surface area (Å²) in [5, 5.41) is 19.2. The van der Waals surface area contributed by atoms with Crippen molar-refractivity contribution < 1.29 is 24.5 Å². The average molecular weight is 318 g/mol. The molecule has 0 saturated heterocycles. The van der Waals surface area contributed by atoms with E-state index in [0.29, 0.717) is 0 Å². The van der Waals surface area contributed by atoms with Gasteiger partial charge >= 0.3 is 5.97 Å². The molecule has 0 spiro atoms. The smallest absolute Gasteiger partial charge is 0.320 e. The van der Waals surface area contributed by atoms with E-state index in [-0.39, 0.29) is 25.9 Å². The maximum atomic E-state index is 13.0. The Kier molecular flexibility index (Phi) is 5.34. The summed E-state index contributed by atoms with van der Waals surface area (Å²) in [6.07, 6.45) is 2.15. The molecule has 5 nitrogen and oxygen atoms in total. The van der Waals surface area contributed by atoms with Gasteiger partial charge in [-0.25, -0.2) is 0 Å². The van der Waals surface area contributed by atoms with Gasteiger partial charge in [-0.2, -0.15) is 0 Å². The van der Waals surface area contributed by atoms with Gasteiger partial charge in [0.1, 0.15) is 12.0 Å². The summed E-state index contributed by atoms with van der Waals surface area (Å²) in [6, 6.07) is 9.21. The molecule has 1 saturated carbocycles. The molecule has 1 aliphatic rings. The van der Waals surface area contributed by atoms with Crippen molar-refractivity contribution >= 4 is 11.8 Å². The van der Waals surface area contributed by atoms with Crippen LogP contribution in [0.5, 0.6) is 0 Å². The first kappa shape index (κ1) is 17.4. The molecule has 1 aromatic carbocycles. The third-order valence-corrected chi connectivity index (χ3v) is 4.62. The lowest BCUT2D eigenvalue weighted by molar-refractivity contribution is -0.160. The molecule has 23 heavy (non-hydrogen) atoms. The lowest BCUT2D eigenvalue weighted by atomic mass is 9.75. The number of hydrogen-bond donors (Lipinski definition) is 2. The van der Waals surface area contributed by atoms with Gasteiger partial charge in [0.2, 0.25) is 0 Å². The number of benzene rings is 1. The van der Waals surface area contributed by atoms with Crippen LogP contribution in [0.3, 0.4) is 0 Å². The molecule has 2 N–H and O–H groups in total. The Morgan fingerprint density at radius 2 is 1.87 bits per heavy atom. The van der Waals surface area contributed by atoms with E-state index in [1.807, 2.05) is 30.3 Å². The molecule has 1 aliphatic carbocycles. The standard InChI is InChI=1S/C18H22O5/c1-2-10-23-16(22)18(11-14-6-4-3-5-7-14)9-8-17(12-19,13-20)15(18)21/h2-7,19-20H,1,8-13H2. The van der Waals surface area contributed by atoms with E-state index >= 15 is 0 Å². The first-order chi connectivity index (χ1) is 11.0. The van der Waals surface area contributed by atoms with Gasteiger partial charge in [-0.1, -0.05) is 43.0 Å². The monoisotopic (exact) mass is 318 g/mol. The number of carbonyl (C=O) groups excluding carboxylic acids is 2. The topological polar surface area (TPSA) is 83.8 Å². The number of aliphatic hydroxyl groups excluding tert-OH is 2. The van der Waals surface area contributed by atoms with Crippen LogP contribution >= 0.6 is 0 Å². The Hall–Kier alpha value is -1.98. The average Bonchev–Trinajstić information content (AvgIpc) is 2.87. The summed E-state index contributed by atoms with van der Waals surface area (Å²) in [5.74, 6) is -1.05. The van der Waals surface area contributed by atoms with Gasteiger partial charge in [0, 0.05) is 0 Å². The number of ketones is 1. The summed E-state index contributed by atoms with van der Waals surface area (Å²) in [6.45, 7) is 2.57. The Bertz CT molecular complexity index is 576. The Labute approximate surface area is 135 Å². The third kappa shape index (κ3) is 3.07. The molecule has 1 unspecified atom stereocenters. The number of ether oxygens (including phenoxy) is 1. The first-order valence-corrected chi connectivity index (χ1v) is 7.63. The van der Waals surface area contributed by atoms with E-state index in [9.17, 15) is 19.8 Å². The highest BCUT2D eigenvalue weighted by Gasteiger charge is 2.60. The number of carbonyl (C=O) groups is 2. The van der Waals surface area contributed by atoms with Gasteiger partial charge in [-0.05, 0) is 24.8 Å². The SMILES string of the molecule is C=CCOC(=O)C1(Cc2ccccc2)CCC(CO)(CO)C1=O. The molecule has 124 valence electrons. The Morgan fingerprint density at radius 1 is 1.22 bits per heavy atom. The molecular weight excluding hydrogens is 296 g/mol. The number of Topliss-reactive ketones (excluding diaryl/α,β-unsaturated/α-hetero) is 1. The zero-order valence-corrected chi connectivity index (χ0v) is 13.0. The Morgan fingerprint density at radius 3 is 2.39 bits per heavy atom. The Balaban J connectivity index is 2.38. The van der Waals surface area contributed by atoms with Crippen molar-refractivity contribution in [2.75, 3.05) is 19.8 Å². The van der Waals surface area contributed by atoms with Crippen molar-refractivity contribution in [3.05, 3.63) is 48.6 Å². The van der Waals surface area contributed by atoms with E-state index < -0.39 is 35.8 Å². The van der Waals surface area contributed by atoms with Gasteiger partial charge in [-0.15, -0.1) is 0 Å². The van der Waals surface area contributed by atoms with Crippen molar-refractivity contribution in [1.82, 2.24) is 0 Å². The summed E-state index contributed by atoms with van der Waals surface area (Å²) in [7, 11) is 0. The minimum absolute atomic E-state index is 0.0217. The zero-order valence-electron chi connectivity index (χ0n) is 13.0. The highest BCUT2D eigenvalue weighted by molar-refractivity contribution is 6.08. The fourth-order valence-corrected chi connectivity index (χ4v) is 3.19. The summed E-state index contributed by atoms with van der Waals surface area (Å²) in [4.78, 5) is 25.6. The van der Waals surface area contributed by atoms with Gasteiger partial charge in [-0.3, -0.25) is 9.59 Å². The highest BCUT2D eigenvalue weighted by atomic mass is 16.5. The quantitative estimate of drug-likeness (QED) is 0.449. The second-order valence-electron chi connectivity index (χ2n) is 6.06. The molecule has 1 fully saturated rings. The fraction of sp³-hybridized carbons (Fsp3) is 0.444. The molecule has 0 heterocycles. The van der Waals surface area contributed by atoms with E-state index in [4.69, 9.17) is 4.74 Å². The van der Waals surface area contributed by atoms with Gasteiger partial charge < -0.3 is 14.9 Å². The number of aliphatic hydroxyl groups is 2. The van der Waals surface area contributed by atoms with Crippen LogP contribution < -0.4 is 0 Å². The van der Waals surface area contributed by atoms with E-state index in [2.05, 4.69) is 6.58 Å². The van der Waals surface area contributed by atoms with Gasteiger partial charge in [0.05, 0.1) is 18.6 Å². The van der Waals surface area contributed by atoms with Gasteiger partial charge in [0.15, 0.2) is 5.78 Å². The summed E-state index contributed by atoms with van der Waals surface area (Å²) in [5.41, 5.74) is -1.80. The molecule has 0 aromatic heterocycles. The number of hydrogen-bond acceptors (Lipinski definition) is 5. The van der Waals surface area contributed by atoms with Crippen LogP contribution in [-0.4, -0.2) is 41.8 Å². The minimum Gasteiger partial charge on any atom is -0.461 e. The molecule has 1 atom stereocenters. The fourth-order valence-electron chi connectivity index (χ4n) is 3.19. The molecule has 0 bridgehead atoms. The predicted molar refractivity (Wildman–Crippen MR) is 84.6 cm³/mol. The lowest BCUT2D eigenvalue weighted by Gasteiger charge is -2.29. The molecule has 0 amide bonds. The molecule has 0 aliphatic heterocycles. The van der Waals surface area contributed by atoms with E-state index in [1.165, 1.54) is 6.08 Å². The second kappa shape index (κ2) is 7.06. The highest BCUT2D eigenvalue weighted by Crippen LogP contribution is 2.48. The van der Waals surface area contributed by atoms with Gasteiger partial charge in [0.25, 0.3) is 0 Å². The van der Waals surface area contributed by atoms with Crippen LogP contribution in [-0.2, 0) is 20.7 Å². The molecule has 5 heteroatoms. The lowest BCUT2D eigenvalue weighted by Crippen LogP contribution is -2.46. The molecule has 2 rings (SSSR count). The first-order valence-electron chi connectivity index (χ1n) is 7.63. The van der Waals surface area contributed by atoms with Crippen LogP contribution in [0.4, 0.5) is 0 Å². The van der Waals surface area contributed by atoms with Crippen LogP contribution in [0.25, 0.3) is 0 Å². The van der Waals surface area contributed by atoms with Crippen LogP contribution in [0.15, 0.2) is 43.0 Å². The third-order valence-electron chi connectivity index (χ3n) is 4.62. The van der Waals surface area contributed by atoms with E-state index in [1.54, 1.807) is 0 Å². The number of esters is 1. The van der Waals surface area contributed by atoms with Crippen molar-refractivity contribution in [1.29, 1.82) is 0 Å². The van der Waals surface area contributed by atoms with Crippen molar-refractivity contribution in [3.8, 4) is 0 Å². The zero-order chi connectivity index (χ0) is 16.9. The molecular formula is C18H22O5. The minimum atomic E-state index is -1.37. The molecule has 0 radical (unpaired) electrons. The van der Waals surface area contributed by atoms with E-state index in [0.717, 1.165) is 5.56 Å². The van der Waals surface area contributed by atoms with Crippen molar-refractivity contribution in [2.24, 2.45) is 10.8 Å². The second-order valence-corrected chi connectivity index (χ2v) is 6.06. The normalized spacial score (nSPS) is 22.8. The van der Waals surface area contributed by atoms with Crippen LogP contribution in [0, 0.1) is 10.8 Å². The van der Waals surface area contributed by atoms with Crippen LogP contribution in [0.2, 0.25) is 0 Å².